The highest BCUT2D eigenvalue weighted by atomic mass is 14.9. The summed E-state index contributed by atoms with van der Waals surface area (Å²) >= 11 is 0. The van der Waals surface area contributed by atoms with E-state index in [-0.39, 0.29) is 0 Å². The zero-order valence-corrected chi connectivity index (χ0v) is 13.5. The lowest BCUT2D eigenvalue weighted by molar-refractivity contribution is -0.125. The third kappa shape index (κ3) is 2.26. The smallest absolute Gasteiger partial charge is 0.0149 e. The van der Waals surface area contributed by atoms with Gasteiger partial charge in [-0.1, -0.05) is 34.1 Å². The Morgan fingerprint density at radius 2 is 1.74 bits per heavy atom. The highest BCUT2D eigenvalue weighted by Crippen LogP contribution is 2.66. The fourth-order valence-electron chi connectivity index (χ4n) is 6.64. The average molecular weight is 263 g/mol. The summed E-state index contributed by atoms with van der Waals surface area (Å²) in [6.07, 6.45) is 10.5. The lowest BCUT2D eigenvalue weighted by atomic mass is 9.42. The summed E-state index contributed by atoms with van der Waals surface area (Å²) in [5.74, 6) is 2.94. The van der Waals surface area contributed by atoms with Gasteiger partial charge >= 0.3 is 0 Å². The van der Waals surface area contributed by atoms with E-state index in [1.54, 1.807) is 6.42 Å². The Kier molecular flexibility index (Phi) is 3.48. The second-order valence-corrected chi connectivity index (χ2v) is 8.55. The molecule has 19 heavy (non-hydrogen) atoms. The topological polar surface area (TPSA) is 12.0 Å². The summed E-state index contributed by atoms with van der Waals surface area (Å²) in [7, 11) is 0. The summed E-state index contributed by atoms with van der Waals surface area (Å²) in [6, 6.07) is 0.771. The molecule has 0 aromatic rings. The predicted octanol–water partition coefficient (Wildman–Crippen LogP) is 4.62. The summed E-state index contributed by atoms with van der Waals surface area (Å²) in [5.41, 5.74) is 1.33. The van der Waals surface area contributed by atoms with Gasteiger partial charge in [0.2, 0.25) is 0 Å². The minimum absolute atomic E-state index is 0.643. The van der Waals surface area contributed by atoms with Crippen molar-refractivity contribution in [1.29, 1.82) is 0 Å². The van der Waals surface area contributed by atoms with Crippen molar-refractivity contribution >= 4 is 0 Å². The lowest BCUT2D eigenvalue weighted by Crippen LogP contribution is -2.60. The van der Waals surface area contributed by atoms with Gasteiger partial charge in [-0.15, -0.1) is 0 Å². The molecule has 4 atom stereocenters. The van der Waals surface area contributed by atoms with Gasteiger partial charge in [0, 0.05) is 6.04 Å². The zero-order valence-electron chi connectivity index (χ0n) is 13.5. The van der Waals surface area contributed by atoms with Crippen molar-refractivity contribution < 1.29 is 0 Å². The van der Waals surface area contributed by atoms with Crippen LogP contribution in [-0.4, -0.2) is 12.6 Å². The largest absolute Gasteiger partial charge is 0.313 e. The minimum Gasteiger partial charge on any atom is -0.313 e. The van der Waals surface area contributed by atoms with Crippen molar-refractivity contribution in [3.05, 3.63) is 0 Å². The van der Waals surface area contributed by atoms with Crippen LogP contribution in [0.4, 0.5) is 0 Å². The maximum atomic E-state index is 3.91. The van der Waals surface area contributed by atoms with Gasteiger partial charge in [0.15, 0.2) is 0 Å². The molecule has 1 heteroatoms. The van der Waals surface area contributed by atoms with E-state index < -0.39 is 0 Å². The summed E-state index contributed by atoms with van der Waals surface area (Å²) in [4.78, 5) is 0. The Morgan fingerprint density at radius 3 is 2.21 bits per heavy atom. The molecule has 4 rings (SSSR count). The molecule has 0 spiro atoms. The molecule has 0 saturated heterocycles. The molecular weight excluding hydrogens is 230 g/mol. The molecule has 1 nitrogen and oxygen atoms in total. The van der Waals surface area contributed by atoms with Crippen LogP contribution in [0.15, 0.2) is 0 Å². The van der Waals surface area contributed by atoms with E-state index in [4.69, 9.17) is 0 Å². The van der Waals surface area contributed by atoms with Gasteiger partial charge in [0.25, 0.3) is 0 Å². The average Bonchev–Trinajstić information content (AvgIpc) is 2.31. The standard InChI is InChI=1S/C18H33N/c1-5-13(3)16(19-6-2)18-10-14-7-15(11-18)9-17(4,8-14)12-18/h13-16,19H,5-12H2,1-4H3. The molecule has 0 aromatic heterocycles. The molecule has 4 aliphatic carbocycles. The Labute approximate surface area is 119 Å². The van der Waals surface area contributed by atoms with Gasteiger partial charge < -0.3 is 5.32 Å². The molecule has 4 unspecified atom stereocenters. The minimum atomic E-state index is 0.643. The van der Waals surface area contributed by atoms with Crippen molar-refractivity contribution in [3.8, 4) is 0 Å². The van der Waals surface area contributed by atoms with Crippen molar-refractivity contribution in [2.24, 2.45) is 28.6 Å². The first-order valence-corrected chi connectivity index (χ1v) is 8.73. The first-order valence-electron chi connectivity index (χ1n) is 8.73. The van der Waals surface area contributed by atoms with Gasteiger partial charge in [0.1, 0.15) is 0 Å². The van der Waals surface area contributed by atoms with Crippen LogP contribution in [0.1, 0.15) is 72.6 Å². The van der Waals surface area contributed by atoms with Crippen LogP contribution in [0, 0.1) is 28.6 Å². The van der Waals surface area contributed by atoms with Gasteiger partial charge in [-0.3, -0.25) is 0 Å². The van der Waals surface area contributed by atoms with Crippen LogP contribution >= 0.6 is 0 Å². The molecule has 1 N–H and O–H groups in total. The van der Waals surface area contributed by atoms with E-state index in [2.05, 4.69) is 33.0 Å². The van der Waals surface area contributed by atoms with E-state index in [0.717, 1.165) is 30.3 Å². The Bertz CT molecular complexity index is 321. The highest BCUT2D eigenvalue weighted by Gasteiger charge is 2.58. The lowest BCUT2D eigenvalue weighted by Gasteiger charge is -2.64. The fourth-order valence-corrected chi connectivity index (χ4v) is 6.64. The van der Waals surface area contributed by atoms with Crippen LogP contribution in [0.5, 0.6) is 0 Å². The van der Waals surface area contributed by atoms with Crippen molar-refractivity contribution in [2.75, 3.05) is 6.54 Å². The van der Waals surface area contributed by atoms with E-state index in [9.17, 15) is 0 Å². The van der Waals surface area contributed by atoms with Gasteiger partial charge in [-0.2, -0.15) is 0 Å². The monoisotopic (exact) mass is 263 g/mol. The molecule has 110 valence electrons. The van der Waals surface area contributed by atoms with Crippen molar-refractivity contribution in [2.45, 2.75) is 78.7 Å². The molecule has 0 radical (unpaired) electrons. The SMILES string of the molecule is CCNC(C(C)CC)C12CC3CC(CC(C)(C3)C1)C2. The first kappa shape index (κ1) is 13.9. The summed E-state index contributed by atoms with van der Waals surface area (Å²) < 4.78 is 0. The van der Waals surface area contributed by atoms with Gasteiger partial charge in [-0.25, -0.2) is 0 Å². The van der Waals surface area contributed by atoms with E-state index in [0.29, 0.717) is 10.8 Å². The second-order valence-electron chi connectivity index (χ2n) is 8.55. The quantitative estimate of drug-likeness (QED) is 0.763. The van der Waals surface area contributed by atoms with Crippen molar-refractivity contribution in [3.63, 3.8) is 0 Å². The molecule has 4 fully saturated rings. The molecular formula is C18H33N. The van der Waals surface area contributed by atoms with E-state index in [1.165, 1.54) is 38.5 Å². The second kappa shape index (κ2) is 4.76. The van der Waals surface area contributed by atoms with Gasteiger partial charge in [-0.05, 0) is 73.7 Å². The Morgan fingerprint density at radius 1 is 1.11 bits per heavy atom. The maximum Gasteiger partial charge on any atom is 0.0149 e. The van der Waals surface area contributed by atoms with E-state index >= 15 is 0 Å². The van der Waals surface area contributed by atoms with Crippen LogP contribution in [-0.2, 0) is 0 Å². The van der Waals surface area contributed by atoms with E-state index in [1.807, 2.05) is 0 Å². The fraction of sp³-hybridized carbons (Fsp3) is 1.00. The molecule has 0 amide bonds. The first-order chi connectivity index (χ1) is 9.00. The highest BCUT2D eigenvalue weighted by molar-refractivity contribution is 5.10. The predicted molar refractivity (Wildman–Crippen MR) is 82.1 cm³/mol. The van der Waals surface area contributed by atoms with Crippen LogP contribution in [0.2, 0.25) is 0 Å². The Balaban J connectivity index is 1.88. The third-order valence-corrected chi connectivity index (χ3v) is 6.70. The number of hydrogen-bond acceptors (Lipinski definition) is 1. The van der Waals surface area contributed by atoms with Crippen LogP contribution < -0.4 is 5.32 Å². The molecule has 4 bridgehead atoms. The van der Waals surface area contributed by atoms with Crippen LogP contribution in [0.3, 0.4) is 0 Å². The molecule has 0 aliphatic heterocycles. The molecule has 0 aromatic carbocycles. The zero-order chi connectivity index (χ0) is 13.7. The number of hydrogen-bond donors (Lipinski definition) is 1. The number of rotatable bonds is 5. The molecule has 0 heterocycles. The van der Waals surface area contributed by atoms with Gasteiger partial charge in [0.05, 0.1) is 0 Å². The summed E-state index contributed by atoms with van der Waals surface area (Å²) in [6.45, 7) is 10.9. The number of nitrogens with one attached hydrogen (secondary N) is 1. The van der Waals surface area contributed by atoms with Crippen molar-refractivity contribution in [1.82, 2.24) is 5.32 Å². The summed E-state index contributed by atoms with van der Waals surface area (Å²) in [5, 5.41) is 3.91. The van der Waals surface area contributed by atoms with Crippen LogP contribution in [0.25, 0.3) is 0 Å². The Hall–Kier alpha value is -0.0400. The molecule has 4 aliphatic rings. The molecule has 4 saturated carbocycles. The normalized spacial score (nSPS) is 47.4. The maximum absolute atomic E-state index is 3.91. The third-order valence-electron chi connectivity index (χ3n) is 6.70.